The summed E-state index contributed by atoms with van der Waals surface area (Å²) < 4.78 is 88.3. The average molecular weight is 769 g/mol. The summed E-state index contributed by atoms with van der Waals surface area (Å²) in [5, 5.41) is 0. The van der Waals surface area contributed by atoms with E-state index < -0.39 is 20.2 Å². The van der Waals surface area contributed by atoms with Gasteiger partial charge in [-0.3, -0.25) is 9.11 Å². The van der Waals surface area contributed by atoms with Gasteiger partial charge in [-0.15, -0.1) is 0 Å². The van der Waals surface area contributed by atoms with E-state index in [1.165, 1.54) is 0 Å². The molecule has 0 amide bonds. The first-order valence-electron chi connectivity index (χ1n) is 17.3. The van der Waals surface area contributed by atoms with E-state index in [1.807, 2.05) is 119 Å². The number of nitrogens with zero attached hydrogens (tertiary/aromatic N) is 2. The van der Waals surface area contributed by atoms with E-state index >= 15 is 0 Å². The second-order valence-electron chi connectivity index (χ2n) is 12.3. The van der Waals surface area contributed by atoms with Gasteiger partial charge in [-0.2, -0.15) is 16.8 Å². The normalized spacial score (nSPS) is 12.0. The zero-order chi connectivity index (χ0) is 38.1. The second kappa shape index (κ2) is 20.5. The second-order valence-corrected chi connectivity index (χ2v) is 15.4. The highest BCUT2D eigenvalue weighted by atomic mass is 32.2. The molecule has 0 bridgehead atoms. The molecule has 53 heavy (non-hydrogen) atoms. The highest BCUT2D eigenvalue weighted by molar-refractivity contribution is 7.86. The third kappa shape index (κ3) is 15.4. The van der Waals surface area contributed by atoms with Gasteiger partial charge in [-0.1, -0.05) is 36.4 Å². The minimum Gasteiger partial charge on any atom is -0.493 e. The number of unbranched alkanes of at least 4 members (excludes halogenated alkanes) is 2. The van der Waals surface area contributed by atoms with Crippen LogP contribution in [0.5, 0.6) is 23.0 Å². The molecule has 2 aromatic carbocycles. The Morgan fingerprint density at radius 1 is 0.509 bits per heavy atom. The summed E-state index contributed by atoms with van der Waals surface area (Å²) in [6, 6.07) is 19.3. The lowest BCUT2D eigenvalue weighted by Crippen LogP contribution is -2.33. The van der Waals surface area contributed by atoms with E-state index in [2.05, 4.69) is 0 Å². The molecule has 0 unspecified atom stereocenters. The van der Waals surface area contributed by atoms with Crippen molar-refractivity contribution in [3.05, 3.63) is 108 Å². The summed E-state index contributed by atoms with van der Waals surface area (Å²) in [6.07, 6.45) is 18.7. The molecule has 0 saturated carbocycles. The van der Waals surface area contributed by atoms with Crippen molar-refractivity contribution >= 4 is 44.5 Å². The van der Waals surface area contributed by atoms with E-state index in [9.17, 15) is 16.8 Å². The lowest BCUT2D eigenvalue weighted by atomic mass is 10.1. The van der Waals surface area contributed by atoms with Crippen molar-refractivity contribution in [2.24, 2.45) is 0 Å². The van der Waals surface area contributed by atoms with Crippen LogP contribution in [-0.2, 0) is 33.3 Å². The topological polar surface area (TPSA) is 153 Å². The van der Waals surface area contributed by atoms with Crippen LogP contribution in [0.25, 0.3) is 24.3 Å². The number of aryl methyl sites for hydroxylation is 2. The van der Waals surface area contributed by atoms with Crippen molar-refractivity contribution in [1.29, 1.82) is 0 Å². The molecule has 0 radical (unpaired) electrons. The van der Waals surface area contributed by atoms with Crippen LogP contribution in [0.2, 0.25) is 0 Å². The molecular weight excluding hydrogens is 721 g/mol. The number of pyridine rings is 2. The summed E-state index contributed by atoms with van der Waals surface area (Å²) in [4.78, 5) is 0. The lowest BCUT2D eigenvalue weighted by molar-refractivity contribution is -0.697. The number of aromatic nitrogens is 2. The predicted molar refractivity (Wildman–Crippen MR) is 204 cm³/mol. The van der Waals surface area contributed by atoms with E-state index in [0.717, 1.165) is 41.5 Å². The van der Waals surface area contributed by atoms with Crippen LogP contribution in [0.1, 0.15) is 54.4 Å². The average Bonchev–Trinajstić information content (AvgIpc) is 3.13. The van der Waals surface area contributed by atoms with Crippen LogP contribution >= 0.6 is 0 Å². The molecule has 0 aliphatic rings. The third-order valence-electron chi connectivity index (χ3n) is 8.09. The summed E-state index contributed by atoms with van der Waals surface area (Å²) in [7, 11) is -4.67. The van der Waals surface area contributed by atoms with Crippen molar-refractivity contribution < 1.29 is 54.0 Å². The van der Waals surface area contributed by atoms with Crippen LogP contribution in [0.4, 0.5) is 0 Å². The molecule has 0 fully saturated rings. The Bertz CT molecular complexity index is 1880. The molecule has 2 N–H and O–H groups in total. The van der Waals surface area contributed by atoms with E-state index in [0.29, 0.717) is 62.1 Å². The minimum absolute atomic E-state index is 0.263. The van der Waals surface area contributed by atoms with Gasteiger partial charge in [0.05, 0.1) is 38.9 Å². The fourth-order valence-corrected chi connectivity index (χ4v) is 6.25. The monoisotopic (exact) mass is 768 g/mol. The van der Waals surface area contributed by atoms with Crippen molar-refractivity contribution in [3.63, 3.8) is 0 Å². The van der Waals surface area contributed by atoms with Gasteiger partial charge in [0.1, 0.15) is 13.1 Å². The zero-order valence-electron chi connectivity index (χ0n) is 30.0. The van der Waals surface area contributed by atoms with Gasteiger partial charge in [0.25, 0.3) is 20.2 Å². The Labute approximate surface area is 312 Å². The molecule has 14 heteroatoms. The largest absolute Gasteiger partial charge is 0.493 e. The predicted octanol–water partition coefficient (Wildman–Crippen LogP) is 5.80. The lowest BCUT2D eigenvalue weighted by Gasteiger charge is -2.12. The Morgan fingerprint density at radius 3 is 1.25 bits per heavy atom. The summed E-state index contributed by atoms with van der Waals surface area (Å²) >= 11 is 0. The molecule has 0 saturated heterocycles. The van der Waals surface area contributed by atoms with Gasteiger partial charge < -0.3 is 18.9 Å². The first kappa shape index (κ1) is 41.0. The van der Waals surface area contributed by atoms with E-state index in [4.69, 9.17) is 28.1 Å². The SMILES string of the molecule is COc1cc(/C=C/c2cc[n+](CCCS(=O)(=O)O)cc2)ccc1OCCCCCOc1ccc(/C=C/c2cc[n+](CCCS(=O)(=O)O)cc2)cc1OC. The molecule has 4 rings (SSSR count). The maximum atomic E-state index is 10.9. The maximum absolute atomic E-state index is 10.9. The van der Waals surface area contributed by atoms with Gasteiger partial charge in [0.2, 0.25) is 0 Å². The molecule has 2 aromatic heterocycles. The van der Waals surface area contributed by atoms with E-state index in [1.54, 1.807) is 14.2 Å². The van der Waals surface area contributed by atoms with Crippen LogP contribution in [0.3, 0.4) is 0 Å². The molecule has 0 aliphatic carbocycles. The fraction of sp³-hybridized carbons (Fsp3) is 0.333. The van der Waals surface area contributed by atoms with Crippen molar-refractivity contribution in [2.75, 3.05) is 38.9 Å². The van der Waals surface area contributed by atoms with Gasteiger partial charge in [0.15, 0.2) is 47.8 Å². The Hall–Kier alpha value is -4.76. The van der Waals surface area contributed by atoms with Crippen LogP contribution < -0.4 is 28.1 Å². The molecule has 4 aromatic rings. The van der Waals surface area contributed by atoms with Crippen molar-refractivity contribution in [1.82, 2.24) is 0 Å². The van der Waals surface area contributed by atoms with Gasteiger partial charge >= 0.3 is 0 Å². The fourth-order valence-electron chi connectivity index (χ4n) is 5.26. The summed E-state index contributed by atoms with van der Waals surface area (Å²) in [5.74, 6) is 2.12. The number of benzene rings is 2. The molecule has 2 heterocycles. The quantitative estimate of drug-likeness (QED) is 0.0570. The molecule has 284 valence electrons. The van der Waals surface area contributed by atoms with E-state index in [-0.39, 0.29) is 11.5 Å². The van der Waals surface area contributed by atoms with Crippen LogP contribution in [-0.4, -0.2) is 64.9 Å². The van der Waals surface area contributed by atoms with Gasteiger partial charge in [-0.25, -0.2) is 9.13 Å². The molecule has 0 aliphatic heterocycles. The Morgan fingerprint density at radius 2 is 0.887 bits per heavy atom. The highest BCUT2D eigenvalue weighted by Crippen LogP contribution is 2.30. The minimum atomic E-state index is -3.95. The van der Waals surface area contributed by atoms with Crippen molar-refractivity contribution in [2.45, 2.75) is 45.2 Å². The summed E-state index contributed by atoms with van der Waals surface area (Å²) in [6.45, 7) is 2.07. The molecule has 0 atom stereocenters. The molecule has 12 nitrogen and oxygen atoms in total. The van der Waals surface area contributed by atoms with Gasteiger partial charge in [0, 0.05) is 37.1 Å². The third-order valence-corrected chi connectivity index (χ3v) is 9.70. The van der Waals surface area contributed by atoms with Crippen molar-refractivity contribution in [3.8, 4) is 23.0 Å². The summed E-state index contributed by atoms with van der Waals surface area (Å²) in [5.41, 5.74) is 3.88. The number of hydrogen-bond acceptors (Lipinski definition) is 8. The highest BCUT2D eigenvalue weighted by Gasteiger charge is 2.10. The molecule has 0 spiro atoms. The number of rotatable bonds is 22. The molecular formula is C39H48N2O10S2+2. The van der Waals surface area contributed by atoms with Crippen LogP contribution in [0.15, 0.2) is 85.5 Å². The number of hydrogen-bond donors (Lipinski definition) is 2. The number of methoxy groups -OCH3 is 2. The standard InChI is InChI=1S/C39H46N2O10S2/c1-48-38-30-34(10-8-32-16-22-40(23-17-32)20-6-28-52(42,43)44)12-14-36(38)50-26-4-3-5-27-51-37-15-13-35(31-39(37)49-2)11-9-33-18-24-41(25-19-33)21-7-29-53(45,46)47/h8-19,22-25,30-31H,3-7,20-21,26-29H2,1-2H3/p+2/b10-8+,11-9+. The first-order valence-corrected chi connectivity index (χ1v) is 20.5. The Kier molecular flexibility index (Phi) is 15.8. The zero-order valence-corrected chi connectivity index (χ0v) is 31.7. The smallest absolute Gasteiger partial charge is 0.265 e. The maximum Gasteiger partial charge on any atom is 0.265 e. The number of ether oxygens (including phenoxy) is 4. The first-order chi connectivity index (χ1) is 25.4. The van der Waals surface area contributed by atoms with Gasteiger partial charge in [-0.05, 0) is 65.8 Å². The van der Waals surface area contributed by atoms with Crippen LogP contribution in [0, 0.1) is 0 Å². The Balaban J connectivity index is 1.16.